The molecule has 1 heterocycles. The normalized spacial score (nSPS) is 13.4. The molecule has 0 fully saturated rings. The fourth-order valence-electron chi connectivity index (χ4n) is 3.19. The number of carbonyl (C=O) groups excluding carboxylic acids is 4. The monoisotopic (exact) mass is 437 g/mol. The lowest BCUT2D eigenvalue weighted by Gasteiger charge is -2.14. The van der Waals surface area contributed by atoms with Crippen LogP contribution in [0.5, 0.6) is 0 Å². The standard InChI is InChI=1S/C24H23NO5S/c1-3-4-13-30-24(29)19(14-16-9-5-8-12-21(16)31-2)20(26)15-25-22(27)17-10-6-7-11-18(17)23(25)28/h5-12,14H,3-4,13,15H2,1-2H3. The smallest absolute Gasteiger partial charge is 0.341 e. The molecular formula is C24H23NO5S. The van der Waals surface area contributed by atoms with Crippen LogP contribution in [0.3, 0.4) is 0 Å². The van der Waals surface area contributed by atoms with Gasteiger partial charge < -0.3 is 4.74 Å². The minimum Gasteiger partial charge on any atom is -0.462 e. The van der Waals surface area contributed by atoms with E-state index in [1.807, 2.05) is 25.3 Å². The number of carbonyl (C=O) groups is 4. The van der Waals surface area contributed by atoms with Gasteiger partial charge in [0.1, 0.15) is 5.57 Å². The lowest BCUT2D eigenvalue weighted by Crippen LogP contribution is -2.36. The first kappa shape index (κ1) is 22.5. The predicted octanol–water partition coefficient (Wildman–Crippen LogP) is 4.00. The number of imide groups is 1. The molecule has 2 aromatic carbocycles. The molecule has 0 spiro atoms. The molecule has 0 unspecified atom stereocenters. The first-order valence-electron chi connectivity index (χ1n) is 9.98. The number of benzene rings is 2. The average molecular weight is 438 g/mol. The zero-order valence-corrected chi connectivity index (χ0v) is 18.2. The second-order valence-corrected chi connectivity index (χ2v) is 7.80. The number of unbranched alkanes of at least 4 members (excludes halogenated alkanes) is 1. The summed E-state index contributed by atoms with van der Waals surface area (Å²) in [6.07, 6.45) is 4.88. The molecule has 1 aliphatic rings. The second-order valence-electron chi connectivity index (χ2n) is 6.95. The molecular weight excluding hydrogens is 414 g/mol. The van der Waals surface area contributed by atoms with Crippen molar-refractivity contribution in [1.82, 2.24) is 4.90 Å². The molecule has 0 saturated heterocycles. The van der Waals surface area contributed by atoms with Crippen molar-refractivity contribution in [3.05, 3.63) is 70.8 Å². The molecule has 3 rings (SSSR count). The van der Waals surface area contributed by atoms with E-state index in [1.54, 1.807) is 36.4 Å². The van der Waals surface area contributed by atoms with Crippen molar-refractivity contribution in [2.75, 3.05) is 19.4 Å². The summed E-state index contributed by atoms with van der Waals surface area (Å²) >= 11 is 1.48. The Morgan fingerprint density at radius 3 is 2.23 bits per heavy atom. The number of thioether (sulfide) groups is 1. The lowest BCUT2D eigenvalue weighted by molar-refractivity contribution is -0.140. The third-order valence-electron chi connectivity index (χ3n) is 4.87. The number of hydrogen-bond acceptors (Lipinski definition) is 6. The van der Waals surface area contributed by atoms with Crippen LogP contribution in [0.1, 0.15) is 46.0 Å². The van der Waals surface area contributed by atoms with Gasteiger partial charge in [0.05, 0.1) is 24.3 Å². The Labute approximate surface area is 185 Å². The summed E-state index contributed by atoms with van der Waals surface area (Å²) in [6, 6.07) is 13.8. The van der Waals surface area contributed by atoms with E-state index in [2.05, 4.69) is 0 Å². The molecule has 160 valence electrons. The summed E-state index contributed by atoms with van der Waals surface area (Å²) in [7, 11) is 0. The molecule has 6 nitrogen and oxygen atoms in total. The van der Waals surface area contributed by atoms with E-state index in [0.717, 1.165) is 16.2 Å². The highest BCUT2D eigenvalue weighted by Crippen LogP contribution is 2.25. The molecule has 1 aliphatic heterocycles. The molecule has 2 aromatic rings. The van der Waals surface area contributed by atoms with Gasteiger partial charge in [-0.05, 0) is 42.5 Å². The Bertz CT molecular complexity index is 1020. The van der Waals surface area contributed by atoms with Gasteiger partial charge in [-0.2, -0.15) is 0 Å². The van der Waals surface area contributed by atoms with Crippen LogP contribution < -0.4 is 0 Å². The fourth-order valence-corrected chi connectivity index (χ4v) is 3.77. The number of rotatable bonds is 9. The Morgan fingerprint density at radius 2 is 1.61 bits per heavy atom. The minimum absolute atomic E-state index is 0.186. The van der Waals surface area contributed by atoms with Crippen molar-refractivity contribution in [2.24, 2.45) is 0 Å². The van der Waals surface area contributed by atoms with E-state index >= 15 is 0 Å². The predicted molar refractivity (Wildman–Crippen MR) is 119 cm³/mol. The molecule has 0 bridgehead atoms. The average Bonchev–Trinajstić information content (AvgIpc) is 3.02. The van der Waals surface area contributed by atoms with Crippen LogP contribution in [-0.4, -0.2) is 47.9 Å². The van der Waals surface area contributed by atoms with Crippen LogP contribution in [0.15, 0.2) is 59.0 Å². The van der Waals surface area contributed by atoms with Gasteiger partial charge in [-0.25, -0.2) is 4.79 Å². The van der Waals surface area contributed by atoms with Gasteiger partial charge in [-0.3, -0.25) is 19.3 Å². The van der Waals surface area contributed by atoms with Crippen LogP contribution in [0.25, 0.3) is 6.08 Å². The summed E-state index contributed by atoms with van der Waals surface area (Å²) in [4.78, 5) is 52.8. The summed E-state index contributed by atoms with van der Waals surface area (Å²) in [5, 5.41) is 0. The van der Waals surface area contributed by atoms with E-state index in [4.69, 9.17) is 4.74 Å². The fraction of sp³-hybridized carbons (Fsp3) is 0.250. The summed E-state index contributed by atoms with van der Waals surface area (Å²) in [6.45, 7) is 1.63. The lowest BCUT2D eigenvalue weighted by atomic mass is 10.1. The number of fused-ring (bicyclic) bond motifs is 1. The van der Waals surface area contributed by atoms with E-state index in [9.17, 15) is 19.2 Å². The first-order chi connectivity index (χ1) is 15.0. The van der Waals surface area contributed by atoms with Crippen molar-refractivity contribution in [3.8, 4) is 0 Å². The third kappa shape index (κ3) is 4.94. The zero-order chi connectivity index (χ0) is 22.4. The van der Waals surface area contributed by atoms with Gasteiger partial charge in [0.2, 0.25) is 0 Å². The highest BCUT2D eigenvalue weighted by atomic mass is 32.2. The van der Waals surface area contributed by atoms with Crippen LogP contribution in [0.2, 0.25) is 0 Å². The SMILES string of the molecule is CCCCOC(=O)C(=Cc1ccccc1SC)C(=O)CN1C(=O)c2ccccc2C1=O. The molecule has 0 radical (unpaired) electrons. The highest BCUT2D eigenvalue weighted by Gasteiger charge is 2.37. The maximum Gasteiger partial charge on any atom is 0.341 e. The Balaban J connectivity index is 1.89. The van der Waals surface area contributed by atoms with Gasteiger partial charge in [-0.1, -0.05) is 43.7 Å². The van der Waals surface area contributed by atoms with Crippen LogP contribution in [0, 0.1) is 0 Å². The number of ketones is 1. The van der Waals surface area contributed by atoms with Crippen molar-refractivity contribution >= 4 is 41.4 Å². The molecule has 0 atom stereocenters. The summed E-state index contributed by atoms with van der Waals surface area (Å²) in [5.41, 5.74) is 1.01. The third-order valence-corrected chi connectivity index (χ3v) is 5.68. The van der Waals surface area contributed by atoms with Crippen molar-refractivity contribution in [3.63, 3.8) is 0 Å². The number of nitrogens with zero attached hydrogens (tertiary/aromatic N) is 1. The molecule has 0 N–H and O–H groups in total. The molecule has 2 amide bonds. The summed E-state index contributed by atoms with van der Waals surface area (Å²) in [5.74, 6) is -2.49. The molecule has 0 aromatic heterocycles. The summed E-state index contributed by atoms with van der Waals surface area (Å²) < 4.78 is 5.27. The Kier molecular flexibility index (Phi) is 7.41. The molecule has 7 heteroatoms. The van der Waals surface area contributed by atoms with Gasteiger partial charge in [0, 0.05) is 4.90 Å². The largest absolute Gasteiger partial charge is 0.462 e. The van der Waals surface area contributed by atoms with E-state index in [0.29, 0.717) is 12.0 Å². The number of Topliss-reactive ketones (excluding diaryl/α,β-unsaturated/α-hetero) is 1. The molecule has 0 saturated carbocycles. The van der Waals surface area contributed by atoms with Crippen LogP contribution in [0.4, 0.5) is 0 Å². The van der Waals surface area contributed by atoms with Crippen LogP contribution in [-0.2, 0) is 14.3 Å². The number of amides is 2. The van der Waals surface area contributed by atoms with Gasteiger partial charge >= 0.3 is 5.97 Å². The van der Waals surface area contributed by atoms with E-state index < -0.39 is 30.1 Å². The minimum atomic E-state index is -0.758. The van der Waals surface area contributed by atoms with Crippen molar-refractivity contribution in [2.45, 2.75) is 24.7 Å². The van der Waals surface area contributed by atoms with E-state index in [1.165, 1.54) is 17.8 Å². The Hall–Kier alpha value is -3.19. The van der Waals surface area contributed by atoms with Gasteiger partial charge in [0.15, 0.2) is 5.78 Å². The number of ether oxygens (including phenoxy) is 1. The quantitative estimate of drug-likeness (QED) is 0.112. The maximum absolute atomic E-state index is 13.1. The van der Waals surface area contributed by atoms with Gasteiger partial charge in [0.25, 0.3) is 11.8 Å². The molecule has 31 heavy (non-hydrogen) atoms. The maximum atomic E-state index is 13.1. The highest BCUT2D eigenvalue weighted by molar-refractivity contribution is 7.98. The molecule has 0 aliphatic carbocycles. The topological polar surface area (TPSA) is 80.8 Å². The van der Waals surface area contributed by atoms with Crippen LogP contribution >= 0.6 is 11.8 Å². The van der Waals surface area contributed by atoms with E-state index in [-0.39, 0.29) is 23.3 Å². The second kappa shape index (κ2) is 10.2. The van der Waals surface area contributed by atoms with Crippen molar-refractivity contribution < 1.29 is 23.9 Å². The number of esters is 1. The van der Waals surface area contributed by atoms with Gasteiger partial charge in [-0.15, -0.1) is 11.8 Å². The Morgan fingerprint density at radius 1 is 1.00 bits per heavy atom. The van der Waals surface area contributed by atoms with Crippen molar-refractivity contribution in [1.29, 1.82) is 0 Å². The zero-order valence-electron chi connectivity index (χ0n) is 17.4. The first-order valence-corrected chi connectivity index (χ1v) is 11.2. The number of hydrogen-bond donors (Lipinski definition) is 0.